The maximum Gasteiger partial charge on any atom is 0.159 e. The second kappa shape index (κ2) is 10.5. The molecule has 3 atom stereocenters. The van der Waals surface area contributed by atoms with Gasteiger partial charge in [0, 0.05) is 33.8 Å². The van der Waals surface area contributed by atoms with Crippen molar-refractivity contribution >= 4 is 33.5 Å². The van der Waals surface area contributed by atoms with E-state index in [0.29, 0.717) is 12.3 Å². The lowest BCUT2D eigenvalue weighted by Crippen LogP contribution is -2.14. The fourth-order valence-electron chi connectivity index (χ4n) is 4.02. The van der Waals surface area contributed by atoms with Crippen molar-refractivity contribution in [2.24, 2.45) is 11.8 Å². The third kappa shape index (κ3) is 5.42. The van der Waals surface area contributed by atoms with Gasteiger partial charge in [0.2, 0.25) is 0 Å². The summed E-state index contributed by atoms with van der Waals surface area (Å²) in [6.45, 7) is 4.29. The third-order valence-electron chi connectivity index (χ3n) is 5.74. The molecule has 3 rings (SSSR count). The van der Waals surface area contributed by atoms with E-state index < -0.39 is 0 Å². The van der Waals surface area contributed by atoms with Crippen LogP contribution in [0.5, 0.6) is 0 Å². The number of aldehydes is 1. The molecule has 0 fully saturated rings. The molecule has 1 aromatic heterocycles. The summed E-state index contributed by atoms with van der Waals surface area (Å²) in [4.78, 5) is 24.3. The topological polar surface area (TPSA) is 34.1 Å². The minimum absolute atomic E-state index is 0.00786. The van der Waals surface area contributed by atoms with Crippen molar-refractivity contribution < 1.29 is 9.59 Å². The number of hydrogen-bond donors (Lipinski definition) is 0. The molecule has 1 aliphatic carbocycles. The molecule has 1 aromatic carbocycles. The first-order chi connectivity index (χ1) is 14.1. The Kier molecular flexibility index (Phi) is 7.76. The van der Waals surface area contributed by atoms with Crippen LogP contribution in [-0.4, -0.2) is 12.1 Å². The zero-order valence-corrected chi connectivity index (χ0v) is 18.2. The predicted molar refractivity (Wildman–Crippen MR) is 123 cm³/mol. The number of unbranched alkanes of at least 4 members (excludes halogenated alkanes) is 2. The van der Waals surface area contributed by atoms with Gasteiger partial charge in [-0.2, -0.15) is 0 Å². The number of allylic oxidation sites excluding steroid dienone is 6. The Hall–Kier alpha value is -2.26. The maximum atomic E-state index is 12.5. The maximum absolute atomic E-state index is 12.5. The van der Waals surface area contributed by atoms with Gasteiger partial charge in [-0.3, -0.25) is 4.79 Å². The number of thiophene rings is 1. The molecule has 2 aromatic rings. The van der Waals surface area contributed by atoms with Crippen molar-refractivity contribution in [3.8, 4) is 0 Å². The van der Waals surface area contributed by atoms with Gasteiger partial charge in [0.1, 0.15) is 6.29 Å². The molecule has 152 valence electrons. The van der Waals surface area contributed by atoms with Crippen molar-refractivity contribution in [3.05, 3.63) is 71.2 Å². The summed E-state index contributed by atoms with van der Waals surface area (Å²) in [7, 11) is 0. The average Bonchev–Trinajstić information content (AvgIpc) is 3.26. The van der Waals surface area contributed by atoms with Crippen LogP contribution in [0.3, 0.4) is 0 Å². The zero-order valence-electron chi connectivity index (χ0n) is 17.3. The molecule has 1 aliphatic rings. The van der Waals surface area contributed by atoms with Crippen molar-refractivity contribution in [1.29, 1.82) is 0 Å². The van der Waals surface area contributed by atoms with Crippen LogP contribution in [0.15, 0.2) is 66.3 Å². The highest BCUT2D eigenvalue weighted by molar-refractivity contribution is 7.19. The standard InChI is InChI=1S/C26H30O2S/c1-3-20(26-18-21-11-8-9-13-25(21)29-26)14-15-22-19(2)17-24(28)23(22)12-7-5-4-6-10-16-27/h5,7-9,11,13-18,20,22-23H,3-4,6,10,12H2,1-2H3/b7-5-,15-14+/t20-,22+,23-/m1/s1. The lowest BCUT2D eigenvalue weighted by atomic mass is 9.86. The van der Waals surface area contributed by atoms with E-state index in [-0.39, 0.29) is 17.6 Å². The van der Waals surface area contributed by atoms with Crippen molar-refractivity contribution in [2.75, 3.05) is 0 Å². The van der Waals surface area contributed by atoms with E-state index in [4.69, 9.17) is 0 Å². The van der Waals surface area contributed by atoms with Gasteiger partial charge in [-0.25, -0.2) is 0 Å². The molecule has 2 nitrogen and oxygen atoms in total. The molecular weight excluding hydrogens is 376 g/mol. The van der Waals surface area contributed by atoms with Crippen LogP contribution in [0.2, 0.25) is 0 Å². The summed E-state index contributed by atoms with van der Waals surface area (Å²) in [6, 6.07) is 10.8. The van der Waals surface area contributed by atoms with E-state index in [9.17, 15) is 9.59 Å². The zero-order chi connectivity index (χ0) is 20.6. The van der Waals surface area contributed by atoms with E-state index in [2.05, 4.69) is 68.5 Å². The molecule has 0 bridgehead atoms. The van der Waals surface area contributed by atoms with Crippen LogP contribution in [0.1, 0.15) is 56.7 Å². The van der Waals surface area contributed by atoms with Crippen LogP contribution in [0.25, 0.3) is 10.1 Å². The van der Waals surface area contributed by atoms with Gasteiger partial charge >= 0.3 is 0 Å². The highest BCUT2D eigenvalue weighted by Gasteiger charge is 2.31. The number of rotatable bonds is 10. The Balaban J connectivity index is 1.69. The molecule has 3 heteroatoms. The Morgan fingerprint density at radius 2 is 2.00 bits per heavy atom. The quantitative estimate of drug-likeness (QED) is 0.241. The number of hydrogen-bond acceptors (Lipinski definition) is 3. The average molecular weight is 407 g/mol. The highest BCUT2D eigenvalue weighted by atomic mass is 32.1. The summed E-state index contributed by atoms with van der Waals surface area (Å²) >= 11 is 1.87. The van der Waals surface area contributed by atoms with Crippen molar-refractivity contribution in [3.63, 3.8) is 0 Å². The van der Waals surface area contributed by atoms with E-state index in [1.807, 2.05) is 17.4 Å². The number of fused-ring (bicyclic) bond motifs is 1. The minimum Gasteiger partial charge on any atom is -0.303 e. The first kappa shape index (κ1) is 21.4. The Labute approximate surface area is 178 Å². The fourth-order valence-corrected chi connectivity index (χ4v) is 5.25. The number of benzene rings is 1. The first-order valence-corrected chi connectivity index (χ1v) is 11.4. The SMILES string of the molecule is CC[C@H](/C=C/[C@H]1C(C)=CC(=O)[C@@H]1C/C=C\CCCC=O)c1cc2ccccc2s1. The summed E-state index contributed by atoms with van der Waals surface area (Å²) in [5, 5.41) is 1.31. The monoisotopic (exact) mass is 406 g/mol. The third-order valence-corrected chi connectivity index (χ3v) is 6.99. The molecule has 0 unspecified atom stereocenters. The van der Waals surface area contributed by atoms with Gasteiger partial charge < -0.3 is 4.79 Å². The second-order valence-electron chi connectivity index (χ2n) is 7.81. The molecule has 0 radical (unpaired) electrons. The molecule has 0 aliphatic heterocycles. The number of ketones is 1. The fraction of sp³-hybridized carbons (Fsp3) is 0.385. The lowest BCUT2D eigenvalue weighted by Gasteiger charge is -2.17. The van der Waals surface area contributed by atoms with Crippen LogP contribution in [-0.2, 0) is 9.59 Å². The molecule has 0 spiro atoms. The van der Waals surface area contributed by atoms with Crippen molar-refractivity contribution in [1.82, 2.24) is 0 Å². The van der Waals surface area contributed by atoms with Gasteiger partial charge in [0.25, 0.3) is 0 Å². The van der Waals surface area contributed by atoms with E-state index in [1.54, 1.807) is 0 Å². The number of carbonyl (C=O) groups is 2. The van der Waals surface area contributed by atoms with E-state index in [0.717, 1.165) is 37.5 Å². The van der Waals surface area contributed by atoms with Gasteiger partial charge in [-0.15, -0.1) is 11.3 Å². The molecule has 0 saturated carbocycles. The molecule has 0 saturated heterocycles. The van der Waals surface area contributed by atoms with E-state index >= 15 is 0 Å². The first-order valence-electron chi connectivity index (χ1n) is 10.6. The Morgan fingerprint density at radius 1 is 1.17 bits per heavy atom. The lowest BCUT2D eigenvalue weighted by molar-refractivity contribution is -0.117. The molecule has 0 N–H and O–H groups in total. The largest absolute Gasteiger partial charge is 0.303 e. The van der Waals surface area contributed by atoms with Crippen molar-refractivity contribution in [2.45, 2.75) is 51.9 Å². The summed E-state index contributed by atoms with van der Waals surface area (Å²) in [5.74, 6) is 0.819. The van der Waals surface area contributed by atoms with E-state index in [1.165, 1.54) is 15.0 Å². The van der Waals surface area contributed by atoms with Crippen LogP contribution in [0, 0.1) is 11.8 Å². The predicted octanol–water partition coefficient (Wildman–Crippen LogP) is 7.03. The second-order valence-corrected chi connectivity index (χ2v) is 8.93. The smallest absolute Gasteiger partial charge is 0.159 e. The van der Waals surface area contributed by atoms with Crippen LogP contribution < -0.4 is 0 Å². The molecular formula is C26H30O2S. The summed E-state index contributed by atoms with van der Waals surface area (Å²) in [5.41, 5.74) is 1.16. The summed E-state index contributed by atoms with van der Waals surface area (Å²) in [6.07, 6.45) is 15.8. The van der Waals surface area contributed by atoms with Gasteiger partial charge in [0.05, 0.1) is 0 Å². The Morgan fingerprint density at radius 3 is 2.76 bits per heavy atom. The Bertz CT molecular complexity index is 898. The summed E-state index contributed by atoms with van der Waals surface area (Å²) < 4.78 is 1.33. The van der Waals surface area contributed by atoms with Gasteiger partial charge in [-0.1, -0.05) is 55.0 Å². The minimum atomic E-state index is 0.00786. The molecule has 29 heavy (non-hydrogen) atoms. The molecule has 0 amide bonds. The number of carbonyl (C=O) groups excluding carboxylic acids is 2. The normalized spacial score (nSPS) is 20.8. The highest BCUT2D eigenvalue weighted by Crippen LogP contribution is 2.37. The van der Waals surface area contributed by atoms with Gasteiger partial charge in [0.15, 0.2) is 5.78 Å². The van der Waals surface area contributed by atoms with Crippen LogP contribution in [0.4, 0.5) is 0 Å². The molecule has 1 heterocycles. The van der Waals surface area contributed by atoms with Gasteiger partial charge in [-0.05, 0) is 56.2 Å². The van der Waals surface area contributed by atoms with Crippen LogP contribution >= 0.6 is 11.3 Å².